The molecule has 53 heavy (non-hydrogen) atoms. The van der Waals surface area contributed by atoms with Crippen molar-refractivity contribution in [2.45, 2.75) is 240 Å². The van der Waals surface area contributed by atoms with Crippen molar-refractivity contribution in [1.29, 1.82) is 0 Å². The minimum Gasteiger partial charge on any atom is -0.508 e. The van der Waals surface area contributed by atoms with Gasteiger partial charge in [0.1, 0.15) is 18.2 Å². The smallest absolute Gasteiger partial charge is 0.263 e. The number of unbranched alkanes of at least 4 members (excludes halogenated alkanes) is 28. The maximum absolute atomic E-state index is 9.99. The standard InChI is InChI=1S/C48H92N2O3/c1-5-9-13-17-21-25-29-33-41-49(42-34-30-26-22-18-14-10-6-2)45-52-48(53-47-39-37-46(51)38-40-47)50(43-35-31-27-23-19-15-11-7-3)44-36-32-28-24-20-16-12-8-4/h37-40,48,51H,5-36,41-45H2,1-4H3. The van der Waals surface area contributed by atoms with Crippen molar-refractivity contribution in [2.75, 3.05) is 32.9 Å². The second kappa shape index (κ2) is 39.0. The van der Waals surface area contributed by atoms with Gasteiger partial charge in [0.15, 0.2) is 0 Å². The lowest BCUT2D eigenvalue weighted by Gasteiger charge is -2.33. The van der Waals surface area contributed by atoms with E-state index < -0.39 is 6.41 Å². The van der Waals surface area contributed by atoms with Gasteiger partial charge in [0.2, 0.25) is 0 Å². The molecule has 5 heteroatoms. The number of hydrogen-bond donors (Lipinski definition) is 1. The normalized spacial score (nSPS) is 12.3. The largest absolute Gasteiger partial charge is 0.508 e. The number of nitrogens with zero attached hydrogens (tertiary/aromatic N) is 2. The molecule has 1 unspecified atom stereocenters. The highest BCUT2D eigenvalue weighted by atomic mass is 16.7. The molecule has 0 aromatic heterocycles. The van der Waals surface area contributed by atoms with Crippen LogP contribution in [0, 0.1) is 0 Å². The topological polar surface area (TPSA) is 45.2 Å². The Morgan fingerprint density at radius 3 is 1.06 bits per heavy atom. The Kier molecular flexibility index (Phi) is 36.5. The Hall–Kier alpha value is -1.30. The summed E-state index contributed by atoms with van der Waals surface area (Å²) in [4.78, 5) is 5.07. The van der Waals surface area contributed by atoms with Crippen LogP contribution in [-0.2, 0) is 4.74 Å². The van der Waals surface area contributed by atoms with Crippen LogP contribution in [0.1, 0.15) is 233 Å². The molecule has 0 aliphatic heterocycles. The minimum absolute atomic E-state index is 0.270. The summed E-state index contributed by atoms with van der Waals surface area (Å²) in [7, 11) is 0. The van der Waals surface area contributed by atoms with Gasteiger partial charge in [-0.3, -0.25) is 4.90 Å². The second-order valence-electron chi connectivity index (χ2n) is 16.3. The van der Waals surface area contributed by atoms with Crippen LogP contribution in [0.5, 0.6) is 11.5 Å². The van der Waals surface area contributed by atoms with E-state index in [2.05, 4.69) is 37.5 Å². The number of benzene rings is 1. The van der Waals surface area contributed by atoms with Crippen LogP contribution in [0.3, 0.4) is 0 Å². The molecule has 0 saturated heterocycles. The van der Waals surface area contributed by atoms with E-state index >= 15 is 0 Å². The monoisotopic (exact) mass is 745 g/mol. The fourth-order valence-corrected chi connectivity index (χ4v) is 7.42. The summed E-state index contributed by atoms with van der Waals surface area (Å²) in [5, 5.41) is 9.99. The van der Waals surface area contributed by atoms with Crippen molar-refractivity contribution in [2.24, 2.45) is 0 Å². The molecule has 0 aliphatic rings. The van der Waals surface area contributed by atoms with Gasteiger partial charge in [-0.05, 0) is 49.9 Å². The second-order valence-corrected chi connectivity index (χ2v) is 16.3. The maximum Gasteiger partial charge on any atom is 0.263 e. The van der Waals surface area contributed by atoms with Crippen molar-refractivity contribution in [3.8, 4) is 11.5 Å². The molecular formula is C48H92N2O3. The number of rotatable bonds is 42. The van der Waals surface area contributed by atoms with Gasteiger partial charge >= 0.3 is 0 Å². The van der Waals surface area contributed by atoms with Crippen LogP contribution in [0.2, 0.25) is 0 Å². The summed E-state index contributed by atoms with van der Waals surface area (Å²) < 4.78 is 13.5. The number of ether oxygens (including phenoxy) is 2. The van der Waals surface area contributed by atoms with E-state index in [4.69, 9.17) is 9.47 Å². The molecule has 0 bridgehead atoms. The molecular weight excluding hydrogens is 653 g/mol. The Morgan fingerprint density at radius 2 is 0.717 bits per heavy atom. The lowest BCUT2D eigenvalue weighted by atomic mass is 10.1. The highest BCUT2D eigenvalue weighted by Gasteiger charge is 2.22. The highest BCUT2D eigenvalue weighted by Crippen LogP contribution is 2.21. The number of aromatic hydroxyl groups is 1. The van der Waals surface area contributed by atoms with Crippen LogP contribution in [0.4, 0.5) is 0 Å². The first-order valence-electron chi connectivity index (χ1n) is 23.7. The van der Waals surface area contributed by atoms with Gasteiger partial charge in [0.05, 0.1) is 0 Å². The highest BCUT2D eigenvalue weighted by molar-refractivity contribution is 5.30. The predicted octanol–water partition coefficient (Wildman–Crippen LogP) is 15.2. The summed E-state index contributed by atoms with van der Waals surface area (Å²) in [5.41, 5.74) is 0. The molecule has 0 saturated carbocycles. The average molecular weight is 745 g/mol. The van der Waals surface area contributed by atoms with Crippen molar-refractivity contribution in [3.05, 3.63) is 24.3 Å². The van der Waals surface area contributed by atoms with Crippen LogP contribution in [-0.4, -0.2) is 54.2 Å². The van der Waals surface area contributed by atoms with Gasteiger partial charge in [-0.15, -0.1) is 0 Å². The number of hydrogen-bond acceptors (Lipinski definition) is 5. The lowest BCUT2D eigenvalue weighted by Crippen LogP contribution is -2.45. The molecule has 1 N–H and O–H groups in total. The van der Waals surface area contributed by atoms with Crippen molar-refractivity contribution < 1.29 is 14.6 Å². The fourth-order valence-electron chi connectivity index (χ4n) is 7.42. The van der Waals surface area contributed by atoms with Gasteiger partial charge in [-0.1, -0.05) is 207 Å². The Balaban J connectivity index is 2.91. The van der Waals surface area contributed by atoms with E-state index in [1.807, 2.05) is 12.1 Å². The van der Waals surface area contributed by atoms with Gasteiger partial charge in [0.25, 0.3) is 6.41 Å². The van der Waals surface area contributed by atoms with Gasteiger partial charge in [-0.2, -0.15) is 0 Å². The summed E-state index contributed by atoms with van der Waals surface area (Å²) >= 11 is 0. The molecule has 0 fully saturated rings. The van der Waals surface area contributed by atoms with Crippen LogP contribution in [0.15, 0.2) is 24.3 Å². The molecule has 0 spiro atoms. The quantitative estimate of drug-likeness (QED) is 0.0533. The van der Waals surface area contributed by atoms with E-state index in [0.717, 1.165) is 31.9 Å². The van der Waals surface area contributed by atoms with Crippen molar-refractivity contribution in [3.63, 3.8) is 0 Å². The first kappa shape index (κ1) is 49.7. The predicted molar refractivity (Wildman–Crippen MR) is 232 cm³/mol. The molecule has 0 amide bonds. The third-order valence-corrected chi connectivity index (χ3v) is 11.0. The summed E-state index contributed by atoms with van der Waals surface area (Å²) in [6.07, 6.45) is 42.3. The SMILES string of the molecule is CCCCCCCCCCN(CCCCCCCCCC)COC(Oc1ccc(O)cc1)N(CCCCCCCCCC)CCCCCCCCCC. The summed E-state index contributed by atoms with van der Waals surface area (Å²) in [6.45, 7) is 14.0. The van der Waals surface area contributed by atoms with Crippen LogP contribution < -0.4 is 4.74 Å². The van der Waals surface area contributed by atoms with E-state index in [-0.39, 0.29) is 5.75 Å². The number of phenolic OH excluding ortho intramolecular Hbond substituents is 1. The fraction of sp³-hybridized carbons (Fsp3) is 0.875. The van der Waals surface area contributed by atoms with Crippen molar-refractivity contribution >= 4 is 0 Å². The lowest BCUT2D eigenvalue weighted by molar-refractivity contribution is -0.198. The van der Waals surface area contributed by atoms with Crippen LogP contribution in [0.25, 0.3) is 0 Å². The molecule has 312 valence electrons. The zero-order chi connectivity index (χ0) is 38.3. The van der Waals surface area contributed by atoms with Crippen LogP contribution >= 0.6 is 0 Å². The van der Waals surface area contributed by atoms with Gasteiger partial charge in [0, 0.05) is 26.2 Å². The van der Waals surface area contributed by atoms with Crippen molar-refractivity contribution in [1.82, 2.24) is 9.80 Å². The molecule has 1 atom stereocenters. The van der Waals surface area contributed by atoms with Gasteiger partial charge < -0.3 is 14.6 Å². The molecule has 0 radical (unpaired) electrons. The number of phenols is 1. The first-order valence-corrected chi connectivity index (χ1v) is 23.7. The molecule has 1 aromatic carbocycles. The molecule has 1 aromatic rings. The van der Waals surface area contributed by atoms with E-state index in [1.165, 1.54) is 205 Å². The average Bonchev–Trinajstić information content (AvgIpc) is 3.17. The Bertz CT molecular complexity index is 810. The Labute approximate surface area is 331 Å². The minimum atomic E-state index is -0.423. The summed E-state index contributed by atoms with van der Waals surface area (Å²) in [5.74, 6) is 1.04. The zero-order valence-corrected chi connectivity index (χ0v) is 36.2. The molecule has 1 rings (SSSR count). The summed E-state index contributed by atoms with van der Waals surface area (Å²) in [6, 6.07) is 7.22. The zero-order valence-electron chi connectivity index (χ0n) is 36.2. The Morgan fingerprint density at radius 1 is 0.415 bits per heavy atom. The van der Waals surface area contributed by atoms with E-state index in [0.29, 0.717) is 6.73 Å². The van der Waals surface area contributed by atoms with E-state index in [1.54, 1.807) is 12.1 Å². The molecule has 5 nitrogen and oxygen atoms in total. The first-order chi connectivity index (χ1) is 26.1. The third-order valence-electron chi connectivity index (χ3n) is 11.0. The van der Waals surface area contributed by atoms with E-state index in [9.17, 15) is 5.11 Å². The maximum atomic E-state index is 9.99. The third kappa shape index (κ3) is 31.6. The molecule has 0 aliphatic carbocycles. The molecule has 0 heterocycles. The van der Waals surface area contributed by atoms with Gasteiger partial charge in [-0.25, -0.2) is 4.90 Å².